The van der Waals surface area contributed by atoms with Gasteiger partial charge in [-0.1, -0.05) is 0 Å². The summed E-state index contributed by atoms with van der Waals surface area (Å²) in [6, 6.07) is 0. The van der Waals surface area contributed by atoms with Crippen LogP contribution in [0.2, 0.25) is 0 Å². The predicted molar refractivity (Wildman–Crippen MR) is 128 cm³/mol. The van der Waals surface area contributed by atoms with Gasteiger partial charge in [0.1, 0.15) is 24.8 Å². The van der Waals surface area contributed by atoms with E-state index in [1.54, 1.807) is 0 Å². The summed E-state index contributed by atoms with van der Waals surface area (Å²) in [5.41, 5.74) is 0. The van der Waals surface area contributed by atoms with Gasteiger partial charge in [-0.15, -0.1) is 0 Å². The van der Waals surface area contributed by atoms with Crippen LogP contribution < -0.4 is 10.6 Å². The van der Waals surface area contributed by atoms with Gasteiger partial charge in [-0.25, -0.2) is 0 Å². The Labute approximate surface area is 212 Å². The Balaban J connectivity index is 3.51. The third kappa shape index (κ3) is 21.7. The molecule has 0 rings (SSSR count). The number of esters is 4. The van der Waals surface area contributed by atoms with Gasteiger partial charge in [0, 0.05) is 38.8 Å². The van der Waals surface area contributed by atoms with Crippen LogP contribution >= 0.6 is 0 Å². The van der Waals surface area contributed by atoms with Crippen molar-refractivity contribution in [3.8, 4) is 0 Å². The number of ether oxygens (including phenoxy) is 4. The van der Waals surface area contributed by atoms with E-state index in [1.807, 2.05) is 0 Å². The van der Waals surface area contributed by atoms with Gasteiger partial charge in [0.05, 0.1) is 39.9 Å². The van der Waals surface area contributed by atoms with Gasteiger partial charge in [-0.3, -0.25) is 28.8 Å². The van der Waals surface area contributed by atoms with Crippen molar-refractivity contribution in [1.29, 1.82) is 0 Å². The third-order valence-electron chi connectivity index (χ3n) is 4.91. The van der Waals surface area contributed by atoms with E-state index in [9.17, 15) is 28.8 Å². The fourth-order valence-corrected chi connectivity index (χ4v) is 2.84. The zero-order valence-electron chi connectivity index (χ0n) is 21.4. The van der Waals surface area contributed by atoms with Crippen LogP contribution in [-0.2, 0) is 47.7 Å². The minimum Gasteiger partial charge on any atom is -0.469 e. The summed E-state index contributed by atoms with van der Waals surface area (Å²) in [4.78, 5) is 68.5. The lowest BCUT2D eigenvalue weighted by Crippen LogP contribution is -2.23. The molecule has 0 unspecified atom stereocenters. The summed E-state index contributed by atoms with van der Waals surface area (Å²) in [5, 5.41) is 6.08. The van der Waals surface area contributed by atoms with Crippen LogP contribution in [0.1, 0.15) is 64.2 Å². The first-order valence-corrected chi connectivity index (χ1v) is 12.2. The average Bonchev–Trinajstić information content (AvgIpc) is 2.87. The van der Waals surface area contributed by atoms with E-state index in [-0.39, 0.29) is 63.3 Å². The largest absolute Gasteiger partial charge is 0.469 e. The van der Waals surface area contributed by atoms with Crippen molar-refractivity contribution in [2.75, 3.05) is 53.6 Å². The number of nitrogens with one attached hydrogen (secondary N) is 2. The van der Waals surface area contributed by atoms with E-state index in [1.165, 1.54) is 14.2 Å². The molecule has 0 amide bonds. The van der Waals surface area contributed by atoms with E-state index < -0.39 is 23.9 Å². The summed E-state index contributed by atoms with van der Waals surface area (Å²) in [7, 11) is 2.56. The molecule has 0 aliphatic heterocycles. The Morgan fingerprint density at radius 2 is 0.861 bits per heavy atom. The molecule has 206 valence electrons. The maximum Gasteiger partial charge on any atom is 0.307 e. The number of methoxy groups -OCH3 is 2. The maximum atomic E-state index is 11.7. The molecule has 0 aromatic heterocycles. The molecule has 36 heavy (non-hydrogen) atoms. The highest BCUT2D eigenvalue weighted by molar-refractivity contribution is 5.83. The molecule has 0 radical (unpaired) electrons. The van der Waals surface area contributed by atoms with Crippen molar-refractivity contribution >= 4 is 35.4 Å². The van der Waals surface area contributed by atoms with Crippen molar-refractivity contribution in [3.05, 3.63) is 0 Å². The van der Waals surface area contributed by atoms with E-state index in [0.29, 0.717) is 51.9 Å². The Morgan fingerprint density at radius 3 is 1.22 bits per heavy atom. The molecule has 0 bridgehead atoms. The normalized spacial score (nSPS) is 10.4. The number of rotatable bonds is 23. The topological polar surface area (TPSA) is 163 Å². The number of hydrogen-bond acceptors (Lipinski definition) is 12. The van der Waals surface area contributed by atoms with Crippen molar-refractivity contribution in [2.24, 2.45) is 0 Å². The second kappa shape index (κ2) is 22.6. The van der Waals surface area contributed by atoms with E-state index >= 15 is 0 Å². The van der Waals surface area contributed by atoms with Crippen LogP contribution in [0, 0.1) is 0 Å². The number of ketones is 2. The second-order valence-corrected chi connectivity index (χ2v) is 7.88. The van der Waals surface area contributed by atoms with Gasteiger partial charge < -0.3 is 29.6 Å². The highest BCUT2D eigenvalue weighted by Gasteiger charge is 2.09. The van der Waals surface area contributed by atoms with Gasteiger partial charge >= 0.3 is 23.9 Å². The molecule has 0 aliphatic rings. The summed E-state index contributed by atoms with van der Waals surface area (Å²) >= 11 is 0. The molecular formula is C24H40N2O10. The Bertz CT molecular complexity index is 638. The SMILES string of the molecule is COC(=O)CCC(=O)CCCNCCC(=O)OCCOC(=O)CCNCCCC(=O)CCC(=O)OC. The molecule has 12 nitrogen and oxygen atoms in total. The lowest BCUT2D eigenvalue weighted by Gasteiger charge is -2.08. The van der Waals surface area contributed by atoms with Gasteiger partial charge in [0.2, 0.25) is 0 Å². The fraction of sp³-hybridized carbons (Fsp3) is 0.750. The number of carbonyl (C=O) groups is 6. The smallest absolute Gasteiger partial charge is 0.307 e. The van der Waals surface area contributed by atoms with Gasteiger partial charge in [-0.05, 0) is 25.9 Å². The fourth-order valence-electron chi connectivity index (χ4n) is 2.84. The molecular weight excluding hydrogens is 476 g/mol. The number of carbonyl (C=O) groups excluding carboxylic acids is 6. The van der Waals surface area contributed by atoms with Crippen LogP contribution in [0.4, 0.5) is 0 Å². The maximum absolute atomic E-state index is 11.7. The Hall–Kier alpha value is -2.86. The van der Waals surface area contributed by atoms with Crippen molar-refractivity contribution in [2.45, 2.75) is 64.2 Å². The van der Waals surface area contributed by atoms with Gasteiger partial charge in [0.25, 0.3) is 0 Å². The highest BCUT2D eigenvalue weighted by Crippen LogP contribution is 2.00. The summed E-state index contributed by atoms with van der Waals surface area (Å²) in [6.45, 7) is 1.87. The van der Waals surface area contributed by atoms with Crippen LogP contribution in [0.5, 0.6) is 0 Å². The molecule has 0 aromatic carbocycles. The molecule has 0 saturated heterocycles. The first-order valence-electron chi connectivity index (χ1n) is 12.2. The first-order chi connectivity index (χ1) is 17.3. The third-order valence-corrected chi connectivity index (χ3v) is 4.91. The molecule has 0 atom stereocenters. The van der Waals surface area contributed by atoms with E-state index in [0.717, 1.165) is 0 Å². The highest BCUT2D eigenvalue weighted by atomic mass is 16.6. The standard InChI is InChI=1S/C24H40N2O10/c1-33-21(29)9-7-19(27)5-3-13-25-15-11-23(31)35-17-18-36-24(32)12-16-26-14-4-6-20(28)8-10-22(30)34-2/h25-26H,3-18H2,1-2H3. The molecule has 0 aliphatic carbocycles. The zero-order valence-corrected chi connectivity index (χ0v) is 21.4. The molecule has 2 N–H and O–H groups in total. The molecule has 12 heteroatoms. The van der Waals surface area contributed by atoms with Crippen molar-refractivity contribution in [1.82, 2.24) is 10.6 Å². The van der Waals surface area contributed by atoms with Crippen molar-refractivity contribution < 1.29 is 47.7 Å². The summed E-state index contributed by atoms with van der Waals surface area (Å²) < 4.78 is 18.9. The molecule has 0 aromatic rings. The number of Topliss-reactive ketones (excluding diaryl/α,β-unsaturated/α-hetero) is 2. The van der Waals surface area contributed by atoms with Crippen molar-refractivity contribution in [3.63, 3.8) is 0 Å². The van der Waals surface area contributed by atoms with Gasteiger partial charge in [0.15, 0.2) is 0 Å². The van der Waals surface area contributed by atoms with Crippen LogP contribution in [0.3, 0.4) is 0 Å². The molecule has 0 fully saturated rings. The quantitative estimate of drug-likeness (QED) is 0.111. The van der Waals surface area contributed by atoms with E-state index in [4.69, 9.17) is 9.47 Å². The summed E-state index contributed by atoms with van der Waals surface area (Å²) in [6.07, 6.45) is 2.74. The minimum atomic E-state index is -0.421. The monoisotopic (exact) mass is 516 g/mol. The second-order valence-electron chi connectivity index (χ2n) is 7.88. The van der Waals surface area contributed by atoms with Gasteiger partial charge in [-0.2, -0.15) is 0 Å². The predicted octanol–water partition coefficient (Wildman–Crippen LogP) is 0.637. The Kier molecular flexibility index (Phi) is 20.8. The van der Waals surface area contributed by atoms with Crippen LogP contribution in [-0.4, -0.2) is 89.1 Å². The van der Waals surface area contributed by atoms with E-state index in [2.05, 4.69) is 20.1 Å². The lowest BCUT2D eigenvalue weighted by molar-refractivity contribution is -0.152. The van der Waals surface area contributed by atoms with Crippen LogP contribution in [0.15, 0.2) is 0 Å². The Morgan fingerprint density at radius 1 is 0.472 bits per heavy atom. The molecule has 0 heterocycles. The summed E-state index contributed by atoms with van der Waals surface area (Å²) in [5.74, 6) is -1.66. The number of hydrogen-bond donors (Lipinski definition) is 2. The molecule has 0 spiro atoms. The first kappa shape index (κ1) is 33.1. The lowest BCUT2D eigenvalue weighted by atomic mass is 10.1. The minimum absolute atomic E-state index is 0.00694. The molecule has 0 saturated carbocycles. The zero-order chi connectivity index (χ0) is 27.0. The van der Waals surface area contributed by atoms with Crippen LogP contribution in [0.25, 0.3) is 0 Å². The average molecular weight is 517 g/mol.